The third-order valence-corrected chi connectivity index (χ3v) is 4.65. The van der Waals surface area contributed by atoms with Crippen LogP contribution in [0.3, 0.4) is 0 Å². The Balaban J connectivity index is 1.69. The normalized spacial score (nSPS) is 15.5. The largest absolute Gasteiger partial charge is 0.493 e. The Hall–Kier alpha value is -2.54. The second kappa shape index (κ2) is 7.14. The summed E-state index contributed by atoms with van der Waals surface area (Å²) in [6.07, 6.45) is 0.875. The standard InChI is InChI=1S/C18H23N3O4/c1-12(8-13-4-5-16(24-2)17(9-13)25-3)20-6-7-21-14(11-20)10-15(19-21)18(22)23/h4-5,9-10,12H,6-8,11H2,1-3H3,(H,22,23)/t12-/m1/s1. The fourth-order valence-corrected chi connectivity index (χ4v) is 3.25. The molecule has 2 aromatic rings. The van der Waals surface area contributed by atoms with Crippen LogP contribution in [0.25, 0.3) is 0 Å². The number of methoxy groups -OCH3 is 2. The summed E-state index contributed by atoms with van der Waals surface area (Å²) in [7, 11) is 3.26. The zero-order valence-corrected chi connectivity index (χ0v) is 14.7. The van der Waals surface area contributed by atoms with E-state index in [9.17, 15) is 4.79 Å². The van der Waals surface area contributed by atoms with E-state index < -0.39 is 5.97 Å². The van der Waals surface area contributed by atoms with Crippen molar-refractivity contribution >= 4 is 5.97 Å². The summed E-state index contributed by atoms with van der Waals surface area (Å²) in [5.74, 6) is 0.476. The minimum absolute atomic E-state index is 0.115. The molecule has 0 bridgehead atoms. The molecular formula is C18H23N3O4. The van der Waals surface area contributed by atoms with Crippen LogP contribution in [0.5, 0.6) is 11.5 Å². The average Bonchev–Trinajstić information content (AvgIpc) is 3.05. The van der Waals surface area contributed by atoms with Crippen LogP contribution in [0.15, 0.2) is 24.3 Å². The summed E-state index contributed by atoms with van der Waals surface area (Å²) in [5, 5.41) is 13.2. The molecule has 0 unspecified atom stereocenters. The maximum absolute atomic E-state index is 11.1. The molecule has 1 atom stereocenters. The first kappa shape index (κ1) is 17.3. The Kier molecular flexibility index (Phi) is 4.94. The van der Waals surface area contributed by atoms with Crippen molar-refractivity contribution in [3.8, 4) is 11.5 Å². The van der Waals surface area contributed by atoms with Gasteiger partial charge in [0, 0.05) is 19.1 Å². The fraction of sp³-hybridized carbons (Fsp3) is 0.444. The molecule has 134 valence electrons. The Bertz CT molecular complexity index is 772. The number of nitrogens with zero attached hydrogens (tertiary/aromatic N) is 3. The van der Waals surface area contributed by atoms with E-state index in [4.69, 9.17) is 14.6 Å². The van der Waals surface area contributed by atoms with Crippen molar-refractivity contribution in [1.82, 2.24) is 14.7 Å². The summed E-state index contributed by atoms with van der Waals surface area (Å²) in [6.45, 7) is 4.44. The number of ether oxygens (including phenoxy) is 2. The number of carboxylic acid groups (broad SMARTS) is 1. The van der Waals surface area contributed by atoms with Gasteiger partial charge in [-0.05, 0) is 37.1 Å². The predicted molar refractivity (Wildman–Crippen MR) is 92.3 cm³/mol. The molecule has 7 heteroatoms. The molecule has 1 aromatic carbocycles. The third-order valence-electron chi connectivity index (χ3n) is 4.65. The smallest absolute Gasteiger partial charge is 0.356 e. The molecule has 1 aromatic heterocycles. The van der Waals surface area contributed by atoms with Gasteiger partial charge in [-0.3, -0.25) is 9.58 Å². The highest BCUT2D eigenvalue weighted by Crippen LogP contribution is 2.28. The van der Waals surface area contributed by atoms with Gasteiger partial charge in [-0.2, -0.15) is 5.10 Å². The van der Waals surface area contributed by atoms with E-state index in [1.54, 1.807) is 25.0 Å². The maximum Gasteiger partial charge on any atom is 0.356 e. The van der Waals surface area contributed by atoms with Crippen LogP contribution in [0, 0.1) is 0 Å². The van der Waals surface area contributed by atoms with Gasteiger partial charge >= 0.3 is 5.97 Å². The van der Waals surface area contributed by atoms with E-state index in [0.29, 0.717) is 19.1 Å². The average molecular weight is 345 g/mol. The van der Waals surface area contributed by atoms with Crippen LogP contribution in [-0.4, -0.2) is 52.6 Å². The zero-order chi connectivity index (χ0) is 18.0. The first-order chi connectivity index (χ1) is 12.0. The topological polar surface area (TPSA) is 76.8 Å². The number of hydrogen-bond donors (Lipinski definition) is 1. The molecule has 3 rings (SSSR count). The van der Waals surface area contributed by atoms with Gasteiger partial charge < -0.3 is 14.6 Å². The van der Waals surface area contributed by atoms with Crippen LogP contribution in [-0.2, 0) is 19.5 Å². The van der Waals surface area contributed by atoms with Crippen molar-refractivity contribution in [1.29, 1.82) is 0 Å². The molecule has 0 aliphatic carbocycles. The van der Waals surface area contributed by atoms with Gasteiger partial charge in [0.25, 0.3) is 0 Å². The first-order valence-electron chi connectivity index (χ1n) is 8.26. The number of aromatic nitrogens is 2. The molecule has 1 aliphatic heterocycles. The second-order valence-corrected chi connectivity index (χ2v) is 6.26. The minimum atomic E-state index is -0.980. The highest BCUT2D eigenvalue weighted by molar-refractivity contribution is 5.85. The molecule has 0 saturated heterocycles. The number of aromatic carboxylic acids is 1. The summed E-state index contributed by atoms with van der Waals surface area (Å²) in [4.78, 5) is 13.4. The SMILES string of the molecule is COc1ccc(C[C@@H](C)N2CCn3nc(C(=O)O)cc3C2)cc1OC. The molecule has 1 aliphatic rings. The van der Waals surface area contributed by atoms with Gasteiger partial charge in [0.1, 0.15) is 0 Å². The van der Waals surface area contributed by atoms with E-state index in [1.165, 1.54) is 5.56 Å². The predicted octanol–water partition coefficient (Wildman–Crippen LogP) is 2.05. The fourth-order valence-electron chi connectivity index (χ4n) is 3.25. The van der Waals surface area contributed by atoms with Gasteiger partial charge in [0.05, 0.1) is 26.5 Å². The van der Waals surface area contributed by atoms with Gasteiger partial charge in [0.2, 0.25) is 0 Å². The lowest BCUT2D eigenvalue weighted by atomic mass is 10.0. The minimum Gasteiger partial charge on any atom is -0.493 e. The van der Waals surface area contributed by atoms with E-state index in [-0.39, 0.29) is 5.69 Å². The summed E-state index contributed by atoms with van der Waals surface area (Å²) in [5.41, 5.74) is 2.24. The number of benzene rings is 1. The monoisotopic (exact) mass is 345 g/mol. The molecule has 7 nitrogen and oxygen atoms in total. The molecule has 2 heterocycles. The zero-order valence-electron chi connectivity index (χ0n) is 14.7. The Labute approximate surface area is 146 Å². The van der Waals surface area contributed by atoms with E-state index in [1.807, 2.05) is 12.1 Å². The summed E-state index contributed by atoms with van der Waals surface area (Å²) < 4.78 is 12.4. The van der Waals surface area contributed by atoms with Crippen molar-refractivity contribution < 1.29 is 19.4 Å². The van der Waals surface area contributed by atoms with Crippen LogP contribution in [0.1, 0.15) is 28.7 Å². The van der Waals surface area contributed by atoms with Crippen molar-refractivity contribution in [2.75, 3.05) is 20.8 Å². The van der Waals surface area contributed by atoms with Crippen molar-refractivity contribution in [2.24, 2.45) is 0 Å². The number of carbonyl (C=O) groups is 1. The van der Waals surface area contributed by atoms with Crippen LogP contribution < -0.4 is 9.47 Å². The molecule has 0 saturated carbocycles. The van der Waals surface area contributed by atoms with Crippen molar-refractivity contribution in [3.05, 3.63) is 41.2 Å². The first-order valence-corrected chi connectivity index (χ1v) is 8.26. The van der Waals surface area contributed by atoms with E-state index in [0.717, 1.165) is 30.2 Å². The maximum atomic E-state index is 11.1. The molecule has 0 amide bonds. The molecule has 0 fully saturated rings. The quantitative estimate of drug-likeness (QED) is 0.863. The highest BCUT2D eigenvalue weighted by Gasteiger charge is 2.24. The van der Waals surface area contributed by atoms with Crippen LogP contribution in [0.4, 0.5) is 0 Å². The van der Waals surface area contributed by atoms with Crippen molar-refractivity contribution in [3.63, 3.8) is 0 Å². The summed E-state index contributed by atoms with van der Waals surface area (Å²) in [6, 6.07) is 7.96. The second-order valence-electron chi connectivity index (χ2n) is 6.26. The Morgan fingerprint density at radius 3 is 2.68 bits per heavy atom. The highest BCUT2D eigenvalue weighted by atomic mass is 16.5. The Morgan fingerprint density at radius 1 is 1.24 bits per heavy atom. The molecule has 0 spiro atoms. The molecule has 25 heavy (non-hydrogen) atoms. The summed E-state index contributed by atoms with van der Waals surface area (Å²) >= 11 is 0. The van der Waals surface area contributed by atoms with Gasteiger partial charge in [-0.25, -0.2) is 4.79 Å². The molecule has 1 N–H and O–H groups in total. The van der Waals surface area contributed by atoms with Gasteiger partial charge in [-0.15, -0.1) is 0 Å². The number of fused-ring (bicyclic) bond motifs is 1. The van der Waals surface area contributed by atoms with Crippen LogP contribution in [0.2, 0.25) is 0 Å². The van der Waals surface area contributed by atoms with Crippen LogP contribution >= 0.6 is 0 Å². The van der Waals surface area contributed by atoms with E-state index >= 15 is 0 Å². The lowest BCUT2D eigenvalue weighted by Gasteiger charge is -2.33. The Morgan fingerprint density at radius 2 is 2.00 bits per heavy atom. The lowest BCUT2D eigenvalue weighted by Crippen LogP contribution is -2.40. The van der Waals surface area contributed by atoms with Gasteiger partial charge in [-0.1, -0.05) is 6.07 Å². The third kappa shape index (κ3) is 3.61. The number of carboxylic acids is 1. The van der Waals surface area contributed by atoms with Crippen molar-refractivity contribution in [2.45, 2.75) is 32.5 Å². The molecule has 0 radical (unpaired) electrons. The lowest BCUT2D eigenvalue weighted by molar-refractivity contribution is 0.0689. The van der Waals surface area contributed by atoms with Gasteiger partial charge in [0.15, 0.2) is 17.2 Å². The van der Waals surface area contributed by atoms with E-state index in [2.05, 4.69) is 23.0 Å². The number of rotatable bonds is 6. The number of hydrogen-bond acceptors (Lipinski definition) is 5. The molecular weight excluding hydrogens is 322 g/mol.